The summed E-state index contributed by atoms with van der Waals surface area (Å²) >= 11 is 0. The molecule has 1 amide bonds. The van der Waals surface area contributed by atoms with Crippen molar-refractivity contribution in [2.75, 3.05) is 23.9 Å². The monoisotopic (exact) mass is 438 g/mol. The van der Waals surface area contributed by atoms with Crippen LogP contribution in [-0.2, 0) is 17.8 Å². The molecule has 0 radical (unpaired) electrons. The molecular weight excluding hydrogens is 412 g/mol. The zero-order chi connectivity index (χ0) is 22.9. The first-order valence-electron chi connectivity index (χ1n) is 10.8. The zero-order valence-electron chi connectivity index (χ0n) is 18.5. The Kier molecular flexibility index (Phi) is 7.28. The summed E-state index contributed by atoms with van der Waals surface area (Å²) in [6.45, 7) is 1.07. The van der Waals surface area contributed by atoms with Crippen LogP contribution in [-0.4, -0.2) is 30.0 Å². The highest BCUT2D eigenvalue weighted by Gasteiger charge is 2.14. The molecule has 0 bridgehead atoms. The SMILES string of the molecule is COc1cccc(CCNc2nc(-c3ccccc3)ccc2N(C=O)Cc2cccnc2)c1. The van der Waals surface area contributed by atoms with E-state index in [9.17, 15) is 4.79 Å². The lowest BCUT2D eigenvalue weighted by Crippen LogP contribution is -2.23. The molecule has 2 aromatic heterocycles. The van der Waals surface area contributed by atoms with Gasteiger partial charge in [-0.1, -0.05) is 48.5 Å². The van der Waals surface area contributed by atoms with Gasteiger partial charge in [-0.05, 0) is 47.9 Å². The van der Waals surface area contributed by atoms with Crippen LogP contribution in [0.25, 0.3) is 11.3 Å². The van der Waals surface area contributed by atoms with Gasteiger partial charge in [0.25, 0.3) is 0 Å². The first-order chi connectivity index (χ1) is 16.3. The number of benzene rings is 2. The Bertz CT molecular complexity index is 1180. The molecule has 1 N–H and O–H groups in total. The summed E-state index contributed by atoms with van der Waals surface area (Å²) in [5.41, 5.74) is 4.68. The Morgan fingerprint density at radius 3 is 2.58 bits per heavy atom. The van der Waals surface area contributed by atoms with Crippen LogP contribution in [0.3, 0.4) is 0 Å². The molecular formula is C27H26N4O2. The quantitative estimate of drug-likeness (QED) is 0.354. The molecule has 4 rings (SSSR count). The van der Waals surface area contributed by atoms with Crippen molar-refractivity contribution in [2.45, 2.75) is 13.0 Å². The molecule has 0 spiro atoms. The van der Waals surface area contributed by atoms with Crippen LogP contribution < -0.4 is 15.0 Å². The van der Waals surface area contributed by atoms with Gasteiger partial charge in [0.1, 0.15) is 5.75 Å². The first-order valence-corrected chi connectivity index (χ1v) is 10.8. The molecule has 33 heavy (non-hydrogen) atoms. The molecule has 0 saturated heterocycles. The average molecular weight is 439 g/mol. The number of hydrogen-bond acceptors (Lipinski definition) is 5. The van der Waals surface area contributed by atoms with E-state index in [1.54, 1.807) is 24.4 Å². The molecule has 4 aromatic rings. The number of carbonyl (C=O) groups is 1. The summed E-state index contributed by atoms with van der Waals surface area (Å²) in [6.07, 6.45) is 5.10. The fraction of sp³-hybridized carbons (Fsp3) is 0.148. The lowest BCUT2D eigenvalue weighted by molar-refractivity contribution is -0.107. The van der Waals surface area contributed by atoms with Crippen molar-refractivity contribution in [3.63, 3.8) is 0 Å². The molecule has 166 valence electrons. The zero-order valence-corrected chi connectivity index (χ0v) is 18.5. The predicted octanol–water partition coefficient (Wildman–Crippen LogP) is 4.97. The summed E-state index contributed by atoms with van der Waals surface area (Å²) in [4.78, 5) is 22.7. The smallest absolute Gasteiger partial charge is 0.214 e. The van der Waals surface area contributed by atoms with Crippen molar-refractivity contribution in [1.82, 2.24) is 9.97 Å². The molecule has 0 aliphatic rings. The molecule has 2 aromatic carbocycles. The summed E-state index contributed by atoms with van der Waals surface area (Å²) in [7, 11) is 1.67. The number of nitrogens with one attached hydrogen (secondary N) is 1. The van der Waals surface area contributed by atoms with Gasteiger partial charge in [0, 0.05) is 24.5 Å². The lowest BCUT2D eigenvalue weighted by atomic mass is 10.1. The molecule has 6 heteroatoms. The number of hydrogen-bond donors (Lipinski definition) is 1. The van der Waals surface area contributed by atoms with Crippen molar-refractivity contribution in [2.24, 2.45) is 0 Å². The lowest BCUT2D eigenvalue weighted by Gasteiger charge is -2.21. The van der Waals surface area contributed by atoms with Crippen molar-refractivity contribution in [1.29, 1.82) is 0 Å². The van der Waals surface area contributed by atoms with Gasteiger partial charge in [0.15, 0.2) is 5.82 Å². The van der Waals surface area contributed by atoms with Crippen LogP contribution in [0.4, 0.5) is 11.5 Å². The van der Waals surface area contributed by atoms with E-state index in [0.29, 0.717) is 18.9 Å². The van der Waals surface area contributed by atoms with Crippen LogP contribution in [0.5, 0.6) is 5.75 Å². The second kappa shape index (κ2) is 10.9. The maximum atomic E-state index is 12.0. The number of rotatable bonds is 10. The van der Waals surface area contributed by atoms with E-state index in [-0.39, 0.29) is 0 Å². The highest BCUT2D eigenvalue weighted by molar-refractivity contribution is 5.83. The topological polar surface area (TPSA) is 67.3 Å². The Morgan fingerprint density at radius 2 is 1.82 bits per heavy atom. The van der Waals surface area contributed by atoms with E-state index < -0.39 is 0 Å². The Morgan fingerprint density at radius 1 is 0.970 bits per heavy atom. The number of ether oxygens (including phenoxy) is 1. The molecule has 0 unspecified atom stereocenters. The van der Waals surface area contributed by atoms with Crippen LogP contribution in [0.15, 0.2) is 91.3 Å². The fourth-order valence-corrected chi connectivity index (χ4v) is 3.60. The largest absolute Gasteiger partial charge is 0.497 e. The van der Waals surface area contributed by atoms with Crippen molar-refractivity contribution >= 4 is 17.9 Å². The third-order valence-electron chi connectivity index (χ3n) is 5.30. The number of pyridine rings is 2. The van der Waals surface area contributed by atoms with E-state index in [2.05, 4.69) is 16.4 Å². The van der Waals surface area contributed by atoms with Crippen LogP contribution >= 0.6 is 0 Å². The molecule has 6 nitrogen and oxygen atoms in total. The second-order valence-corrected chi connectivity index (χ2v) is 7.55. The summed E-state index contributed by atoms with van der Waals surface area (Å²) in [5, 5.41) is 3.44. The van der Waals surface area contributed by atoms with Gasteiger partial charge >= 0.3 is 0 Å². The summed E-state index contributed by atoms with van der Waals surface area (Å²) in [6, 6.07) is 25.7. The minimum absolute atomic E-state index is 0.411. The van der Waals surface area contributed by atoms with Crippen LogP contribution in [0.1, 0.15) is 11.1 Å². The van der Waals surface area contributed by atoms with Crippen LogP contribution in [0, 0.1) is 0 Å². The number of amides is 1. The van der Waals surface area contributed by atoms with E-state index in [1.807, 2.05) is 72.8 Å². The maximum absolute atomic E-state index is 12.0. The van der Waals surface area contributed by atoms with Gasteiger partial charge < -0.3 is 15.0 Å². The normalized spacial score (nSPS) is 10.5. The summed E-state index contributed by atoms with van der Waals surface area (Å²) in [5.74, 6) is 1.50. The standard InChI is InChI=1S/C27H26N4O2/c1-33-24-11-5-7-21(17-24)14-16-29-27-26(31(20-32)19-22-8-6-15-28-18-22)13-12-25(30-27)23-9-3-2-4-10-23/h2-13,15,17-18,20H,14,16,19H2,1H3,(H,29,30). The van der Waals surface area contributed by atoms with E-state index in [0.717, 1.165) is 46.7 Å². The minimum Gasteiger partial charge on any atom is -0.497 e. The molecule has 0 saturated carbocycles. The Balaban J connectivity index is 1.59. The van der Waals surface area contributed by atoms with E-state index >= 15 is 0 Å². The van der Waals surface area contributed by atoms with Gasteiger partial charge in [-0.3, -0.25) is 9.78 Å². The average Bonchev–Trinajstić information content (AvgIpc) is 2.88. The Labute approximate surface area is 193 Å². The highest BCUT2D eigenvalue weighted by atomic mass is 16.5. The van der Waals surface area contributed by atoms with Gasteiger partial charge in [0.2, 0.25) is 6.41 Å². The number of carbonyl (C=O) groups excluding carboxylic acids is 1. The second-order valence-electron chi connectivity index (χ2n) is 7.55. The van der Waals surface area contributed by atoms with Crippen LogP contribution in [0.2, 0.25) is 0 Å². The number of anilines is 2. The van der Waals surface area contributed by atoms with Crippen molar-refractivity contribution in [3.8, 4) is 17.0 Å². The van der Waals surface area contributed by atoms with E-state index in [4.69, 9.17) is 9.72 Å². The van der Waals surface area contributed by atoms with Gasteiger partial charge in [-0.2, -0.15) is 0 Å². The van der Waals surface area contributed by atoms with E-state index in [1.165, 1.54) is 0 Å². The third-order valence-corrected chi connectivity index (χ3v) is 5.30. The first kappa shape index (κ1) is 22.0. The molecule has 0 fully saturated rings. The van der Waals surface area contributed by atoms with Crippen molar-refractivity contribution in [3.05, 3.63) is 102 Å². The highest BCUT2D eigenvalue weighted by Crippen LogP contribution is 2.29. The third kappa shape index (κ3) is 5.74. The van der Waals surface area contributed by atoms with Crippen molar-refractivity contribution < 1.29 is 9.53 Å². The molecule has 0 atom stereocenters. The van der Waals surface area contributed by atoms with Gasteiger partial charge in [-0.25, -0.2) is 4.98 Å². The predicted molar refractivity (Wildman–Crippen MR) is 131 cm³/mol. The van der Waals surface area contributed by atoms with Gasteiger partial charge in [0.05, 0.1) is 25.0 Å². The van der Waals surface area contributed by atoms with Gasteiger partial charge in [-0.15, -0.1) is 0 Å². The maximum Gasteiger partial charge on any atom is 0.214 e. The fourth-order valence-electron chi connectivity index (χ4n) is 3.60. The number of methoxy groups -OCH3 is 1. The molecule has 0 aliphatic heterocycles. The number of aromatic nitrogens is 2. The molecule has 0 aliphatic carbocycles. The Hall–Kier alpha value is -4.19. The number of nitrogens with zero attached hydrogens (tertiary/aromatic N) is 3. The molecule has 2 heterocycles. The summed E-state index contributed by atoms with van der Waals surface area (Å²) < 4.78 is 5.32. The minimum atomic E-state index is 0.411.